The summed E-state index contributed by atoms with van der Waals surface area (Å²) in [6.07, 6.45) is 5.96. The summed E-state index contributed by atoms with van der Waals surface area (Å²) >= 11 is 1.38. The number of amides is 1. The molecule has 42 heavy (non-hydrogen) atoms. The number of hydrogen-bond acceptors (Lipinski definition) is 10. The van der Waals surface area contributed by atoms with E-state index in [1.807, 2.05) is 13.8 Å². The second-order valence-electron chi connectivity index (χ2n) is 12.5. The third-order valence-electron chi connectivity index (χ3n) is 9.05. The number of rotatable bonds is 7. The van der Waals surface area contributed by atoms with Gasteiger partial charge in [0.2, 0.25) is 11.8 Å². The molecule has 0 radical (unpaired) electrons. The molecule has 4 heterocycles. The fourth-order valence-electron chi connectivity index (χ4n) is 6.97. The molecule has 5 atom stereocenters. The summed E-state index contributed by atoms with van der Waals surface area (Å²) in [7, 11) is 2.11. The highest BCUT2D eigenvalue weighted by molar-refractivity contribution is 7.16. The van der Waals surface area contributed by atoms with Gasteiger partial charge in [-0.1, -0.05) is 0 Å². The van der Waals surface area contributed by atoms with Crippen LogP contribution in [0.25, 0.3) is 0 Å². The topological polar surface area (TPSA) is 149 Å². The van der Waals surface area contributed by atoms with Crippen molar-refractivity contribution in [3.05, 3.63) is 33.8 Å². The maximum Gasteiger partial charge on any atom is 0.236 e. The molecule has 0 spiro atoms. The fraction of sp³-hybridized carbons (Fsp3) is 0.613. The first kappa shape index (κ1) is 30.3. The van der Waals surface area contributed by atoms with Crippen LogP contribution in [0.3, 0.4) is 0 Å². The second kappa shape index (κ2) is 12.2. The number of pyridine rings is 1. The van der Waals surface area contributed by atoms with E-state index >= 15 is 0 Å². The average Bonchev–Trinajstić information content (AvgIpc) is 3.50. The van der Waals surface area contributed by atoms with Crippen molar-refractivity contribution in [1.82, 2.24) is 20.5 Å². The molecule has 5 N–H and O–H groups in total. The normalized spacial score (nSPS) is 28.4. The number of thiophene rings is 1. The third kappa shape index (κ3) is 6.12. The van der Waals surface area contributed by atoms with Crippen molar-refractivity contribution < 1.29 is 14.3 Å². The van der Waals surface area contributed by atoms with Crippen LogP contribution >= 0.6 is 11.3 Å². The van der Waals surface area contributed by atoms with Crippen molar-refractivity contribution in [2.45, 2.75) is 108 Å². The fourth-order valence-corrected chi connectivity index (χ4v) is 8.16. The summed E-state index contributed by atoms with van der Waals surface area (Å²) in [5, 5.41) is 25.5. The first-order valence-electron chi connectivity index (χ1n) is 15.0. The van der Waals surface area contributed by atoms with Crippen molar-refractivity contribution >= 4 is 28.1 Å². The van der Waals surface area contributed by atoms with Gasteiger partial charge in [-0.25, -0.2) is 4.98 Å². The Balaban J connectivity index is 1.41. The van der Waals surface area contributed by atoms with E-state index in [9.17, 15) is 10.1 Å². The molecule has 2 aromatic rings. The number of amidine groups is 1. The summed E-state index contributed by atoms with van der Waals surface area (Å²) in [5.74, 6) is 0.451. The zero-order chi connectivity index (χ0) is 30.2. The van der Waals surface area contributed by atoms with Crippen molar-refractivity contribution in [1.29, 1.82) is 10.7 Å². The van der Waals surface area contributed by atoms with Crippen molar-refractivity contribution in [2.24, 2.45) is 0 Å². The second-order valence-corrected chi connectivity index (χ2v) is 13.6. The smallest absolute Gasteiger partial charge is 0.236 e. The predicted molar refractivity (Wildman–Crippen MR) is 164 cm³/mol. The molecule has 5 rings (SSSR count). The monoisotopic (exact) mass is 593 g/mol. The molecular weight excluding hydrogens is 550 g/mol. The Morgan fingerprint density at radius 1 is 1.33 bits per heavy atom. The van der Waals surface area contributed by atoms with Gasteiger partial charge in [0.25, 0.3) is 0 Å². The summed E-state index contributed by atoms with van der Waals surface area (Å²) in [5.41, 5.74) is 6.50. The molecular formula is C31H43N7O3S. The summed E-state index contributed by atoms with van der Waals surface area (Å²) in [6.45, 7) is 9.22. The maximum atomic E-state index is 13.8. The van der Waals surface area contributed by atoms with Crippen LogP contribution in [0.15, 0.2) is 12.1 Å². The molecule has 0 saturated carbocycles. The first-order chi connectivity index (χ1) is 20.0. The summed E-state index contributed by atoms with van der Waals surface area (Å²) in [4.78, 5) is 21.7. The summed E-state index contributed by atoms with van der Waals surface area (Å²) in [6, 6.07) is 6.64. The molecule has 0 bridgehead atoms. The largest absolute Gasteiger partial charge is 0.490 e. The van der Waals surface area contributed by atoms with Crippen molar-refractivity contribution in [2.75, 3.05) is 19.3 Å². The highest BCUT2D eigenvalue weighted by atomic mass is 32.1. The number of fused-ring (bicyclic) bond motifs is 1. The van der Waals surface area contributed by atoms with E-state index in [0.29, 0.717) is 46.3 Å². The Kier molecular flexibility index (Phi) is 8.78. The minimum Gasteiger partial charge on any atom is -0.490 e. The van der Waals surface area contributed by atoms with E-state index in [2.05, 4.69) is 47.5 Å². The van der Waals surface area contributed by atoms with E-state index in [0.717, 1.165) is 49.9 Å². The number of likely N-dealkylation sites (N-methyl/N-ethyl adjacent to an activating group) is 1. The number of likely N-dealkylation sites (tertiary alicyclic amines) is 1. The van der Waals surface area contributed by atoms with Crippen LogP contribution in [0.1, 0.15) is 87.9 Å². The van der Waals surface area contributed by atoms with Crippen LogP contribution in [-0.4, -0.2) is 65.6 Å². The molecule has 226 valence electrons. The number of anilines is 1. The number of nitriles is 1. The molecule has 10 nitrogen and oxygen atoms in total. The minimum absolute atomic E-state index is 0.00883. The lowest BCUT2D eigenvalue weighted by Gasteiger charge is -2.33. The van der Waals surface area contributed by atoms with E-state index in [1.165, 1.54) is 11.3 Å². The van der Waals surface area contributed by atoms with Crippen molar-refractivity contribution in [3.63, 3.8) is 0 Å². The van der Waals surface area contributed by atoms with Crippen LogP contribution in [0, 0.1) is 16.7 Å². The van der Waals surface area contributed by atoms with E-state index in [-0.39, 0.29) is 35.7 Å². The highest BCUT2D eigenvalue weighted by Crippen LogP contribution is 2.45. The Labute approximate surface area is 252 Å². The highest BCUT2D eigenvalue weighted by Gasteiger charge is 2.43. The zero-order valence-corrected chi connectivity index (χ0v) is 26.1. The Bertz CT molecular complexity index is 1350. The number of nitrogens with one attached hydrogen (secondary N) is 3. The number of nitrogens with zero attached hydrogens (tertiary/aromatic N) is 3. The number of hydrogen-bond donors (Lipinski definition) is 4. The van der Waals surface area contributed by atoms with Crippen LogP contribution in [-0.2, 0) is 16.6 Å². The number of ether oxygens (including phenoxy) is 2. The Morgan fingerprint density at radius 2 is 2.07 bits per heavy atom. The maximum absolute atomic E-state index is 13.8. The Hall–Kier alpha value is -3.20. The van der Waals surface area contributed by atoms with Crippen LogP contribution in [0.2, 0.25) is 0 Å². The number of nitrogen functional groups attached to an aromatic ring is 1. The summed E-state index contributed by atoms with van der Waals surface area (Å²) < 4.78 is 12.8. The lowest BCUT2D eigenvalue weighted by Crippen LogP contribution is -2.47. The molecule has 2 saturated heterocycles. The lowest BCUT2D eigenvalue weighted by molar-refractivity contribution is -0.125. The number of aromatic nitrogens is 1. The molecule has 0 unspecified atom stereocenters. The van der Waals surface area contributed by atoms with Gasteiger partial charge in [0, 0.05) is 40.7 Å². The molecule has 2 aliphatic heterocycles. The van der Waals surface area contributed by atoms with Crippen LogP contribution in [0.4, 0.5) is 5.00 Å². The molecule has 0 aromatic carbocycles. The number of nitrogens with two attached hydrogens (primary N) is 1. The molecule has 2 aromatic heterocycles. The van der Waals surface area contributed by atoms with Gasteiger partial charge in [-0.3, -0.25) is 15.1 Å². The minimum atomic E-state index is -0.977. The molecule has 1 amide bonds. The van der Waals surface area contributed by atoms with Crippen molar-refractivity contribution in [3.8, 4) is 17.7 Å². The third-order valence-corrected chi connectivity index (χ3v) is 10.1. The van der Waals surface area contributed by atoms with Gasteiger partial charge < -0.3 is 25.8 Å². The molecule has 11 heteroatoms. The number of carbonyl (C=O) groups excluding carboxylic acids is 1. The number of piperidine rings is 1. The van der Waals surface area contributed by atoms with E-state index in [1.54, 1.807) is 12.1 Å². The SMILES string of the molecule is C[C@@H]1CC(Oc2cc(O[C@@H](C)[C@@H]3CCCN3C)nc(C(=N)NC(=O)[C@@]3(C)CCCc4sc(N)c(C#N)c43)c2)C[C@@H](C)N1. The van der Waals surface area contributed by atoms with Gasteiger partial charge >= 0.3 is 0 Å². The van der Waals surface area contributed by atoms with Gasteiger partial charge in [0.15, 0.2) is 5.84 Å². The van der Waals surface area contributed by atoms with Gasteiger partial charge in [0.05, 0.1) is 11.0 Å². The Morgan fingerprint density at radius 3 is 2.74 bits per heavy atom. The van der Waals surface area contributed by atoms with Gasteiger partial charge in [-0.2, -0.15) is 5.26 Å². The molecule has 3 aliphatic rings. The number of carbonyl (C=O) groups is 1. The van der Waals surface area contributed by atoms with E-state index in [4.69, 9.17) is 20.6 Å². The zero-order valence-electron chi connectivity index (χ0n) is 25.3. The first-order valence-corrected chi connectivity index (χ1v) is 15.8. The average molecular weight is 594 g/mol. The van der Waals surface area contributed by atoms with Crippen LogP contribution < -0.4 is 25.8 Å². The van der Waals surface area contributed by atoms with E-state index < -0.39 is 5.41 Å². The van der Waals surface area contributed by atoms with Gasteiger partial charge in [-0.05, 0) is 86.2 Å². The molecule has 1 aliphatic carbocycles. The molecule has 2 fully saturated rings. The number of aryl methyl sites for hydroxylation is 1. The standard InChI is InChI=1S/C31H43N7O3S/c1-17-12-20(13-18(2)35-17)41-21-14-23(36-26(15-21)40-19(3)24-8-7-11-38(24)5)28(33)37-30(39)31(4)10-6-9-25-27(31)22(16-32)29(34)42-25/h14-15,17-20,24,35H,6-13,34H2,1-5H3,(H2,33,37,39)/t17-,18-,19+,24+,31+/m1/s1. The van der Waals surface area contributed by atoms with Gasteiger partial charge in [0.1, 0.15) is 34.7 Å². The predicted octanol–water partition coefficient (Wildman–Crippen LogP) is 4.10. The van der Waals surface area contributed by atoms with Crippen LogP contribution in [0.5, 0.6) is 11.6 Å². The lowest BCUT2D eigenvalue weighted by atomic mass is 9.72. The quantitative estimate of drug-likeness (QED) is 0.277. The van der Waals surface area contributed by atoms with Gasteiger partial charge in [-0.15, -0.1) is 11.3 Å².